The van der Waals surface area contributed by atoms with E-state index in [4.69, 9.17) is 18.2 Å². The number of rotatable bonds is 7. The van der Waals surface area contributed by atoms with E-state index in [1.807, 2.05) is 6.07 Å². The second-order valence-electron chi connectivity index (χ2n) is 8.56. The van der Waals surface area contributed by atoms with E-state index >= 15 is 0 Å². The maximum atomic E-state index is 7.72. The molecule has 160 valence electrons. The van der Waals surface area contributed by atoms with Crippen molar-refractivity contribution >= 4 is 35.2 Å². The van der Waals surface area contributed by atoms with Gasteiger partial charge < -0.3 is 0 Å². The van der Waals surface area contributed by atoms with E-state index in [1.165, 1.54) is 15.6 Å². The Hall–Kier alpha value is -2.87. The van der Waals surface area contributed by atoms with Crippen molar-refractivity contribution in [1.82, 2.24) is 0 Å². The minimum atomic E-state index is -2.73. The van der Waals surface area contributed by atoms with Crippen LogP contribution in [0.25, 0.3) is 0 Å². The number of hydrogen-bond acceptors (Lipinski definition) is 0. The molecule has 0 amide bonds. The molecule has 4 rings (SSSR count). The molecule has 32 heavy (non-hydrogen) atoms. The summed E-state index contributed by atoms with van der Waals surface area (Å²) in [6.07, 6.45) is 0. The van der Waals surface area contributed by atoms with Crippen LogP contribution in [-0.4, -0.2) is 8.07 Å². The lowest BCUT2D eigenvalue weighted by Crippen LogP contribution is -2.71. The first-order valence-corrected chi connectivity index (χ1v) is 13.5. The molecule has 0 spiro atoms. The lowest BCUT2D eigenvalue weighted by Gasteiger charge is -2.45. The molecular formula is C30H29ClSi. The molecule has 0 heterocycles. The fourth-order valence-electron chi connectivity index (χ4n) is 4.90. The summed E-state index contributed by atoms with van der Waals surface area (Å²) in [6, 6.07) is 43.0. The quantitative estimate of drug-likeness (QED) is 0.182. The number of halogens is 1. The van der Waals surface area contributed by atoms with Gasteiger partial charge in [-0.25, -0.2) is 0 Å². The van der Waals surface area contributed by atoms with E-state index in [-0.39, 0.29) is 5.92 Å². The molecule has 0 saturated heterocycles. The minimum Gasteiger partial charge on any atom is -0.109 e. The van der Waals surface area contributed by atoms with Crippen molar-refractivity contribution in [3.05, 3.63) is 139 Å². The lowest BCUT2D eigenvalue weighted by molar-refractivity contribution is 0.512. The van der Waals surface area contributed by atoms with Gasteiger partial charge in [-0.15, -0.1) is 18.2 Å². The van der Waals surface area contributed by atoms with Crippen molar-refractivity contribution in [1.29, 1.82) is 0 Å². The third-order valence-electron chi connectivity index (χ3n) is 6.50. The molecule has 0 aromatic heterocycles. The van der Waals surface area contributed by atoms with E-state index in [0.29, 0.717) is 0 Å². The Morgan fingerprint density at radius 3 is 1.25 bits per heavy atom. The predicted octanol–water partition coefficient (Wildman–Crippen LogP) is 6.04. The van der Waals surface area contributed by atoms with Crippen LogP contribution in [0.3, 0.4) is 0 Å². The summed E-state index contributed by atoms with van der Waals surface area (Å²) >= 11 is 7.72. The summed E-state index contributed by atoms with van der Waals surface area (Å²) in [5.74, 6) is 0.155. The zero-order valence-electron chi connectivity index (χ0n) is 18.7. The standard InChI is InChI=1S/C30H29ClSi/c1-24(2)30(31,26-16-8-4-9-17-26)25(3)32(27-18-10-5-11-19-27,28-20-12-6-13-21-28)29-22-14-7-15-23-29/h4-24H,3H2,1-2H3. The molecule has 1 atom stereocenters. The fraction of sp³-hybridized carbons (Fsp3) is 0.133. The SMILES string of the molecule is C=C(C(Cl)(c1ccccc1)C(C)C)[Si](c1ccccc1)(c1ccccc1)c1ccccc1. The normalized spacial score (nSPS) is 13.5. The number of alkyl halides is 1. The minimum absolute atomic E-state index is 0.155. The average molecular weight is 453 g/mol. The molecule has 0 N–H and O–H groups in total. The van der Waals surface area contributed by atoms with Gasteiger partial charge in [-0.2, -0.15) is 0 Å². The molecule has 0 saturated carbocycles. The van der Waals surface area contributed by atoms with E-state index in [9.17, 15) is 0 Å². The molecule has 0 fully saturated rings. The molecule has 0 aliphatic rings. The third-order valence-corrected chi connectivity index (χ3v) is 12.4. The molecule has 4 aromatic carbocycles. The van der Waals surface area contributed by atoms with Gasteiger partial charge in [0.25, 0.3) is 0 Å². The van der Waals surface area contributed by atoms with Gasteiger partial charge in [0.05, 0.1) is 4.87 Å². The average Bonchev–Trinajstić information content (AvgIpc) is 2.86. The van der Waals surface area contributed by atoms with Gasteiger partial charge in [0.1, 0.15) is 0 Å². The Morgan fingerprint density at radius 2 is 0.938 bits per heavy atom. The molecule has 0 bridgehead atoms. The van der Waals surface area contributed by atoms with E-state index in [0.717, 1.165) is 10.8 Å². The highest BCUT2D eigenvalue weighted by molar-refractivity contribution is 7.16. The first-order chi connectivity index (χ1) is 15.5. The summed E-state index contributed by atoms with van der Waals surface area (Å²) in [7, 11) is -2.73. The monoisotopic (exact) mass is 452 g/mol. The summed E-state index contributed by atoms with van der Waals surface area (Å²) < 4.78 is 0. The van der Waals surface area contributed by atoms with Gasteiger partial charge in [-0.05, 0) is 32.2 Å². The Labute approximate surface area is 198 Å². The van der Waals surface area contributed by atoms with Crippen molar-refractivity contribution in [2.24, 2.45) is 5.92 Å². The highest BCUT2D eigenvalue weighted by Crippen LogP contribution is 2.46. The number of benzene rings is 4. The van der Waals surface area contributed by atoms with Crippen LogP contribution in [0.1, 0.15) is 19.4 Å². The summed E-state index contributed by atoms with van der Waals surface area (Å²) in [5, 5.41) is 4.98. The first kappa shape index (κ1) is 22.3. The summed E-state index contributed by atoms with van der Waals surface area (Å²) in [4.78, 5) is -0.713. The lowest BCUT2D eigenvalue weighted by atomic mass is 9.87. The molecule has 2 heteroatoms. The van der Waals surface area contributed by atoms with Crippen molar-refractivity contribution < 1.29 is 0 Å². The fourth-order valence-corrected chi connectivity index (χ4v) is 10.5. The first-order valence-electron chi connectivity index (χ1n) is 11.1. The second-order valence-corrected chi connectivity index (χ2v) is 13.0. The van der Waals surface area contributed by atoms with Crippen molar-refractivity contribution in [2.45, 2.75) is 18.7 Å². The molecule has 1 unspecified atom stereocenters. The van der Waals surface area contributed by atoms with Gasteiger partial charge >= 0.3 is 0 Å². The molecule has 0 radical (unpaired) electrons. The van der Waals surface area contributed by atoms with E-state index < -0.39 is 12.9 Å². The van der Waals surface area contributed by atoms with Gasteiger partial charge in [0.2, 0.25) is 0 Å². The molecule has 0 aliphatic heterocycles. The zero-order chi connectivity index (χ0) is 22.6. The van der Waals surface area contributed by atoms with Crippen LogP contribution in [0.5, 0.6) is 0 Å². The maximum Gasteiger partial charge on any atom is 0.177 e. The third kappa shape index (κ3) is 3.66. The topological polar surface area (TPSA) is 0 Å². The van der Waals surface area contributed by atoms with Crippen LogP contribution in [0.2, 0.25) is 0 Å². The molecule has 0 nitrogen and oxygen atoms in total. The largest absolute Gasteiger partial charge is 0.177 e. The van der Waals surface area contributed by atoms with Crippen molar-refractivity contribution in [3.8, 4) is 0 Å². The van der Waals surface area contributed by atoms with Gasteiger partial charge in [-0.1, -0.05) is 135 Å². The Morgan fingerprint density at radius 1 is 0.625 bits per heavy atom. The number of hydrogen-bond donors (Lipinski definition) is 0. The molecule has 4 aromatic rings. The number of allylic oxidation sites excluding steroid dienone is 1. The van der Waals surface area contributed by atoms with E-state index in [1.54, 1.807) is 0 Å². The van der Waals surface area contributed by atoms with Gasteiger partial charge in [0, 0.05) is 0 Å². The smallest absolute Gasteiger partial charge is 0.109 e. The molecule has 0 aliphatic carbocycles. The zero-order valence-corrected chi connectivity index (χ0v) is 20.5. The second kappa shape index (κ2) is 9.32. The van der Waals surface area contributed by atoms with Crippen LogP contribution in [0.4, 0.5) is 0 Å². The Balaban J connectivity index is 2.11. The molecular weight excluding hydrogens is 424 g/mol. The maximum absolute atomic E-state index is 7.72. The summed E-state index contributed by atoms with van der Waals surface area (Å²) in [6.45, 7) is 9.26. The summed E-state index contributed by atoms with van der Waals surface area (Å²) in [5.41, 5.74) is 1.10. The highest BCUT2D eigenvalue weighted by atomic mass is 35.5. The van der Waals surface area contributed by atoms with Gasteiger partial charge in [0.15, 0.2) is 8.07 Å². The van der Waals surface area contributed by atoms with Crippen LogP contribution >= 0.6 is 11.6 Å². The van der Waals surface area contributed by atoms with Crippen molar-refractivity contribution in [2.75, 3.05) is 0 Å². The van der Waals surface area contributed by atoms with E-state index in [2.05, 4.69) is 129 Å². The highest BCUT2D eigenvalue weighted by Gasteiger charge is 2.51. The predicted molar refractivity (Wildman–Crippen MR) is 142 cm³/mol. The Bertz CT molecular complexity index is 1060. The Kier molecular flexibility index (Phi) is 6.50. The van der Waals surface area contributed by atoms with Crippen molar-refractivity contribution in [3.63, 3.8) is 0 Å². The van der Waals surface area contributed by atoms with Crippen LogP contribution in [0.15, 0.2) is 133 Å². The van der Waals surface area contributed by atoms with Crippen LogP contribution in [-0.2, 0) is 4.87 Å². The van der Waals surface area contributed by atoms with Crippen LogP contribution < -0.4 is 15.6 Å². The van der Waals surface area contributed by atoms with Gasteiger partial charge in [-0.3, -0.25) is 0 Å². The van der Waals surface area contributed by atoms with Crippen LogP contribution in [0, 0.1) is 5.92 Å².